The number of phenolic OH excluding ortho intramolecular Hbond substituents is 4. The molecule has 0 aliphatic carbocycles. The fraction of sp³-hybridized carbons (Fsp3) is 0.500. The first-order valence-corrected chi connectivity index (χ1v) is 15.1. The monoisotopic (exact) mass is 546 g/mol. The summed E-state index contributed by atoms with van der Waals surface area (Å²) >= 11 is 0. The van der Waals surface area contributed by atoms with Crippen LogP contribution in [-0.4, -0.2) is 20.4 Å². The van der Waals surface area contributed by atoms with Gasteiger partial charge in [0.1, 0.15) is 23.0 Å². The Labute approximate surface area is 241 Å². The Kier molecular flexibility index (Phi) is 10.6. The zero-order chi connectivity index (χ0) is 29.5. The predicted octanol–water partition coefficient (Wildman–Crippen LogP) is 9.41. The van der Waals surface area contributed by atoms with Crippen molar-refractivity contribution in [3.05, 3.63) is 81.9 Å². The van der Waals surface area contributed by atoms with E-state index < -0.39 is 10.8 Å². The predicted molar refractivity (Wildman–Crippen MR) is 166 cm³/mol. The van der Waals surface area contributed by atoms with Crippen LogP contribution in [0.2, 0.25) is 0 Å². The molecule has 0 unspecified atom stereocenters. The van der Waals surface area contributed by atoms with Crippen molar-refractivity contribution in [1.29, 1.82) is 0 Å². The van der Waals surface area contributed by atoms with E-state index in [9.17, 15) is 20.4 Å². The Bertz CT molecular complexity index is 1160. The highest BCUT2D eigenvalue weighted by molar-refractivity contribution is 5.54. The molecule has 4 nitrogen and oxygen atoms in total. The second-order valence-electron chi connectivity index (χ2n) is 12.4. The van der Waals surface area contributed by atoms with Crippen LogP contribution in [0.3, 0.4) is 0 Å². The minimum atomic E-state index is -0.481. The SMILES string of the molecule is CCCCCCc1cc(C(C)(C)c2ccc(C(C)(C)c3cc(CCCCCC)c(O)cc3O)cc2)c(O)cc1O. The molecule has 3 rings (SSSR count). The molecule has 0 saturated carbocycles. The number of aryl methyl sites for hydroxylation is 2. The van der Waals surface area contributed by atoms with Gasteiger partial charge in [-0.1, -0.05) is 104 Å². The molecular weight excluding hydrogens is 496 g/mol. The summed E-state index contributed by atoms with van der Waals surface area (Å²) in [5, 5.41) is 42.6. The lowest BCUT2D eigenvalue weighted by molar-refractivity contribution is 0.429. The molecule has 4 heteroatoms. The molecular formula is C36H50O4. The number of unbranched alkanes of at least 4 members (excludes halogenated alkanes) is 6. The third-order valence-electron chi connectivity index (χ3n) is 8.67. The van der Waals surface area contributed by atoms with Crippen molar-refractivity contribution in [2.75, 3.05) is 0 Å². The van der Waals surface area contributed by atoms with Crippen molar-refractivity contribution in [2.24, 2.45) is 0 Å². The molecule has 0 aliphatic heterocycles. The Balaban J connectivity index is 1.88. The van der Waals surface area contributed by atoms with Crippen molar-refractivity contribution < 1.29 is 20.4 Å². The highest BCUT2D eigenvalue weighted by Gasteiger charge is 2.31. The number of rotatable bonds is 14. The van der Waals surface area contributed by atoms with Crippen LogP contribution in [0.15, 0.2) is 48.5 Å². The van der Waals surface area contributed by atoms with E-state index in [-0.39, 0.29) is 23.0 Å². The van der Waals surface area contributed by atoms with Gasteiger partial charge in [0.15, 0.2) is 0 Å². The van der Waals surface area contributed by atoms with Gasteiger partial charge in [0, 0.05) is 34.1 Å². The van der Waals surface area contributed by atoms with Gasteiger partial charge >= 0.3 is 0 Å². The summed E-state index contributed by atoms with van der Waals surface area (Å²) in [7, 11) is 0. The molecule has 0 bridgehead atoms. The summed E-state index contributed by atoms with van der Waals surface area (Å²) in [6.07, 6.45) is 10.6. The lowest BCUT2D eigenvalue weighted by atomic mass is 9.73. The first-order chi connectivity index (χ1) is 18.9. The molecule has 4 N–H and O–H groups in total. The third kappa shape index (κ3) is 7.13. The van der Waals surface area contributed by atoms with E-state index in [4.69, 9.17) is 0 Å². The van der Waals surface area contributed by atoms with Gasteiger partial charge in [-0.2, -0.15) is 0 Å². The second-order valence-corrected chi connectivity index (χ2v) is 12.4. The summed E-state index contributed by atoms with van der Waals surface area (Å²) < 4.78 is 0. The Morgan fingerprint density at radius 2 is 0.825 bits per heavy atom. The van der Waals surface area contributed by atoms with Crippen LogP contribution in [0.4, 0.5) is 0 Å². The maximum absolute atomic E-state index is 10.8. The number of benzene rings is 3. The molecule has 0 spiro atoms. The summed E-state index contributed by atoms with van der Waals surface area (Å²) in [4.78, 5) is 0. The van der Waals surface area contributed by atoms with E-state index >= 15 is 0 Å². The van der Waals surface area contributed by atoms with E-state index in [0.29, 0.717) is 0 Å². The normalized spacial score (nSPS) is 12.2. The van der Waals surface area contributed by atoms with E-state index in [0.717, 1.165) is 71.9 Å². The average Bonchev–Trinajstić information content (AvgIpc) is 2.91. The van der Waals surface area contributed by atoms with E-state index in [1.165, 1.54) is 37.8 Å². The van der Waals surface area contributed by atoms with E-state index in [1.807, 2.05) is 12.1 Å². The molecule has 0 aliphatic rings. The van der Waals surface area contributed by atoms with Crippen molar-refractivity contribution in [2.45, 2.75) is 117 Å². The van der Waals surface area contributed by atoms with E-state index in [1.54, 1.807) is 0 Å². The number of hydrogen-bond acceptors (Lipinski definition) is 4. The smallest absolute Gasteiger partial charge is 0.123 e. The third-order valence-corrected chi connectivity index (χ3v) is 8.67. The molecule has 0 fully saturated rings. The van der Waals surface area contributed by atoms with Crippen LogP contribution >= 0.6 is 0 Å². The van der Waals surface area contributed by atoms with Crippen molar-refractivity contribution in [3.8, 4) is 23.0 Å². The molecule has 0 atom stereocenters. The number of hydrogen-bond donors (Lipinski definition) is 4. The average molecular weight is 547 g/mol. The van der Waals surface area contributed by atoms with Crippen LogP contribution in [0.1, 0.15) is 126 Å². The molecule has 218 valence electrons. The lowest BCUT2D eigenvalue weighted by Gasteiger charge is -2.31. The molecule has 0 heterocycles. The minimum Gasteiger partial charge on any atom is -0.508 e. The molecule has 40 heavy (non-hydrogen) atoms. The number of phenols is 4. The van der Waals surface area contributed by atoms with Crippen LogP contribution in [0.5, 0.6) is 23.0 Å². The highest BCUT2D eigenvalue weighted by atomic mass is 16.3. The van der Waals surface area contributed by atoms with Crippen LogP contribution in [0, 0.1) is 0 Å². The van der Waals surface area contributed by atoms with Crippen LogP contribution in [0.25, 0.3) is 0 Å². The Hall–Kier alpha value is -3.14. The van der Waals surface area contributed by atoms with Crippen LogP contribution < -0.4 is 0 Å². The van der Waals surface area contributed by atoms with Gasteiger partial charge < -0.3 is 20.4 Å². The van der Waals surface area contributed by atoms with Gasteiger partial charge in [0.05, 0.1) is 0 Å². The molecule has 0 saturated heterocycles. The summed E-state index contributed by atoms with van der Waals surface area (Å²) in [6, 6.07) is 15.3. The standard InChI is InChI=1S/C36H50O4/c1-7-9-11-13-15-25-21-29(33(39)23-31(25)37)35(3,4)27-17-19-28(20-18-27)36(5,6)30-22-26(16-14-12-10-8-2)32(38)24-34(30)40/h17-24,37-40H,7-16H2,1-6H3. The highest BCUT2D eigenvalue weighted by Crippen LogP contribution is 2.43. The maximum atomic E-state index is 10.8. The minimum absolute atomic E-state index is 0.102. The topological polar surface area (TPSA) is 80.9 Å². The van der Waals surface area contributed by atoms with Crippen molar-refractivity contribution in [3.63, 3.8) is 0 Å². The summed E-state index contributed by atoms with van der Waals surface area (Å²) in [6.45, 7) is 12.7. The molecule has 0 radical (unpaired) electrons. The van der Waals surface area contributed by atoms with E-state index in [2.05, 4.69) is 65.8 Å². The Morgan fingerprint density at radius 1 is 0.475 bits per heavy atom. The maximum Gasteiger partial charge on any atom is 0.123 e. The summed E-state index contributed by atoms with van der Waals surface area (Å²) in [5.74, 6) is 0.516. The quantitative estimate of drug-likeness (QED) is 0.152. The Morgan fingerprint density at radius 3 is 1.15 bits per heavy atom. The van der Waals surface area contributed by atoms with Crippen LogP contribution in [-0.2, 0) is 23.7 Å². The fourth-order valence-corrected chi connectivity index (χ4v) is 5.74. The van der Waals surface area contributed by atoms with Crippen molar-refractivity contribution in [1.82, 2.24) is 0 Å². The lowest BCUT2D eigenvalue weighted by Crippen LogP contribution is -2.22. The van der Waals surface area contributed by atoms with Gasteiger partial charge in [0.2, 0.25) is 0 Å². The fourth-order valence-electron chi connectivity index (χ4n) is 5.74. The second kappa shape index (κ2) is 13.5. The molecule has 0 aromatic heterocycles. The zero-order valence-electron chi connectivity index (χ0n) is 25.5. The first kappa shape index (κ1) is 31.4. The van der Waals surface area contributed by atoms with Gasteiger partial charge in [-0.05, 0) is 60.1 Å². The molecule has 3 aromatic rings. The van der Waals surface area contributed by atoms with Gasteiger partial charge in [-0.25, -0.2) is 0 Å². The van der Waals surface area contributed by atoms with Gasteiger partial charge in [-0.15, -0.1) is 0 Å². The molecule has 3 aromatic carbocycles. The zero-order valence-corrected chi connectivity index (χ0v) is 25.5. The van der Waals surface area contributed by atoms with Crippen molar-refractivity contribution >= 4 is 0 Å². The van der Waals surface area contributed by atoms with Gasteiger partial charge in [-0.3, -0.25) is 0 Å². The largest absolute Gasteiger partial charge is 0.508 e. The number of aromatic hydroxyl groups is 4. The first-order valence-electron chi connectivity index (χ1n) is 15.1. The summed E-state index contributed by atoms with van der Waals surface area (Å²) in [5.41, 5.74) is 4.49. The molecule has 0 amide bonds. The van der Waals surface area contributed by atoms with Gasteiger partial charge in [0.25, 0.3) is 0 Å².